The number of H-pyrrole nitrogens is 1. The Morgan fingerprint density at radius 3 is 3.06 bits per heavy atom. The van der Waals surface area contributed by atoms with E-state index in [1.165, 1.54) is 6.33 Å². The van der Waals surface area contributed by atoms with Gasteiger partial charge in [0, 0.05) is 10.7 Å². The molecule has 1 aromatic carbocycles. The minimum atomic E-state index is 0.614. The van der Waals surface area contributed by atoms with E-state index in [0.717, 1.165) is 11.2 Å². The number of imidazole rings is 1. The maximum Gasteiger partial charge on any atom is 0.207 e. The molecule has 0 atom stereocenters. The topological polar surface area (TPSA) is 66.5 Å². The molecule has 3 rings (SSSR count). The second kappa shape index (κ2) is 4.03. The number of anilines is 2. The van der Waals surface area contributed by atoms with Crippen LogP contribution in [-0.2, 0) is 0 Å². The Balaban J connectivity index is 1.94. The molecule has 17 heavy (non-hydrogen) atoms. The van der Waals surface area contributed by atoms with Crippen LogP contribution in [-0.4, -0.2) is 19.9 Å². The van der Waals surface area contributed by atoms with Gasteiger partial charge in [-0.1, -0.05) is 17.7 Å². The number of halogens is 1. The number of benzene rings is 1. The van der Waals surface area contributed by atoms with Crippen molar-refractivity contribution in [3.05, 3.63) is 41.8 Å². The highest BCUT2D eigenvalue weighted by Crippen LogP contribution is 2.19. The van der Waals surface area contributed by atoms with Crippen molar-refractivity contribution in [1.82, 2.24) is 19.9 Å². The molecule has 2 N–H and O–H groups in total. The first-order valence-corrected chi connectivity index (χ1v) is 5.37. The summed E-state index contributed by atoms with van der Waals surface area (Å²) in [6.45, 7) is 0. The molecular formula is C11H8ClN5. The molecule has 0 saturated carbocycles. The van der Waals surface area contributed by atoms with Crippen LogP contribution in [0.15, 0.2) is 36.8 Å². The van der Waals surface area contributed by atoms with E-state index >= 15 is 0 Å². The first-order valence-electron chi connectivity index (χ1n) is 4.99. The van der Waals surface area contributed by atoms with Gasteiger partial charge in [0.25, 0.3) is 0 Å². The molecule has 84 valence electrons. The van der Waals surface area contributed by atoms with E-state index in [0.29, 0.717) is 16.6 Å². The van der Waals surface area contributed by atoms with Crippen LogP contribution in [0.2, 0.25) is 5.02 Å². The molecule has 2 heterocycles. The van der Waals surface area contributed by atoms with Crippen LogP contribution in [0.4, 0.5) is 11.6 Å². The first-order chi connectivity index (χ1) is 8.31. The van der Waals surface area contributed by atoms with Crippen LogP contribution in [0, 0.1) is 0 Å². The van der Waals surface area contributed by atoms with Crippen molar-refractivity contribution in [2.24, 2.45) is 0 Å². The fourth-order valence-electron chi connectivity index (χ4n) is 1.52. The van der Waals surface area contributed by atoms with Crippen LogP contribution in [0.25, 0.3) is 11.2 Å². The third-order valence-corrected chi connectivity index (χ3v) is 2.48. The molecule has 5 nitrogen and oxygen atoms in total. The van der Waals surface area contributed by atoms with Gasteiger partial charge in [-0.2, -0.15) is 4.98 Å². The molecule has 0 bridgehead atoms. The maximum atomic E-state index is 5.90. The highest BCUT2D eigenvalue weighted by Gasteiger charge is 2.03. The lowest BCUT2D eigenvalue weighted by Gasteiger charge is -2.01. The van der Waals surface area contributed by atoms with Crippen molar-refractivity contribution in [3.8, 4) is 0 Å². The van der Waals surface area contributed by atoms with Gasteiger partial charge in [-0.05, 0) is 18.2 Å². The second-order valence-electron chi connectivity index (χ2n) is 3.48. The predicted molar refractivity (Wildman–Crippen MR) is 66.4 cm³/mol. The molecule has 0 spiro atoms. The molecule has 0 aliphatic carbocycles. The summed E-state index contributed by atoms with van der Waals surface area (Å²) < 4.78 is 0. The molecule has 2 aromatic heterocycles. The normalized spacial score (nSPS) is 10.6. The SMILES string of the molecule is Clc1cccc(Nc2nc3ncncc3[nH]2)c1. The summed E-state index contributed by atoms with van der Waals surface area (Å²) in [6.07, 6.45) is 3.14. The van der Waals surface area contributed by atoms with Gasteiger partial charge >= 0.3 is 0 Å². The minimum Gasteiger partial charge on any atom is -0.326 e. The van der Waals surface area contributed by atoms with Crippen LogP contribution in [0.5, 0.6) is 0 Å². The van der Waals surface area contributed by atoms with E-state index in [2.05, 4.69) is 25.3 Å². The number of nitrogens with zero attached hydrogens (tertiary/aromatic N) is 3. The standard InChI is InChI=1S/C11H8ClN5/c12-7-2-1-3-8(4-7)15-11-16-9-5-13-6-14-10(9)17-11/h1-6H,(H2,13,14,15,16,17). The monoisotopic (exact) mass is 245 g/mol. The van der Waals surface area contributed by atoms with E-state index in [9.17, 15) is 0 Å². The van der Waals surface area contributed by atoms with E-state index in [1.807, 2.05) is 24.3 Å². The summed E-state index contributed by atoms with van der Waals surface area (Å²) in [7, 11) is 0. The Morgan fingerprint density at radius 2 is 2.24 bits per heavy atom. The molecule has 6 heteroatoms. The average Bonchev–Trinajstić information content (AvgIpc) is 2.71. The van der Waals surface area contributed by atoms with E-state index < -0.39 is 0 Å². The van der Waals surface area contributed by atoms with Crippen LogP contribution in [0.1, 0.15) is 0 Å². The van der Waals surface area contributed by atoms with Crippen molar-refractivity contribution >= 4 is 34.4 Å². The van der Waals surface area contributed by atoms with E-state index in [1.54, 1.807) is 6.20 Å². The van der Waals surface area contributed by atoms with E-state index in [-0.39, 0.29) is 0 Å². The molecule has 0 fully saturated rings. The lowest BCUT2D eigenvalue weighted by atomic mass is 10.3. The van der Waals surface area contributed by atoms with Gasteiger partial charge in [-0.25, -0.2) is 9.97 Å². The lowest BCUT2D eigenvalue weighted by molar-refractivity contribution is 1.20. The predicted octanol–water partition coefficient (Wildman–Crippen LogP) is 2.75. The highest BCUT2D eigenvalue weighted by atomic mass is 35.5. The zero-order valence-electron chi connectivity index (χ0n) is 8.68. The van der Waals surface area contributed by atoms with Gasteiger partial charge in [0.2, 0.25) is 5.95 Å². The van der Waals surface area contributed by atoms with Gasteiger partial charge in [-0.3, -0.25) is 0 Å². The molecule has 0 radical (unpaired) electrons. The number of aromatic nitrogens is 4. The number of rotatable bonds is 2. The van der Waals surface area contributed by atoms with Crippen molar-refractivity contribution < 1.29 is 0 Å². The van der Waals surface area contributed by atoms with Gasteiger partial charge in [0.15, 0.2) is 5.65 Å². The molecule has 3 aromatic rings. The maximum absolute atomic E-state index is 5.90. The summed E-state index contributed by atoms with van der Waals surface area (Å²) in [5, 5.41) is 3.79. The van der Waals surface area contributed by atoms with Gasteiger partial charge in [-0.15, -0.1) is 0 Å². The molecule has 0 unspecified atom stereocenters. The van der Waals surface area contributed by atoms with Crippen molar-refractivity contribution in [2.45, 2.75) is 0 Å². The van der Waals surface area contributed by atoms with Crippen molar-refractivity contribution in [2.75, 3.05) is 5.32 Å². The Hall–Kier alpha value is -2.14. The smallest absolute Gasteiger partial charge is 0.207 e. The second-order valence-corrected chi connectivity index (χ2v) is 3.92. The average molecular weight is 246 g/mol. The van der Waals surface area contributed by atoms with Crippen molar-refractivity contribution in [1.29, 1.82) is 0 Å². The van der Waals surface area contributed by atoms with Gasteiger partial charge in [0.05, 0.1) is 6.20 Å². The Morgan fingerprint density at radius 1 is 1.29 bits per heavy atom. The number of hydrogen-bond acceptors (Lipinski definition) is 4. The largest absolute Gasteiger partial charge is 0.326 e. The Labute approximate surface area is 102 Å². The quantitative estimate of drug-likeness (QED) is 0.729. The van der Waals surface area contributed by atoms with Crippen LogP contribution >= 0.6 is 11.6 Å². The van der Waals surface area contributed by atoms with Gasteiger partial charge < -0.3 is 10.3 Å². The number of fused-ring (bicyclic) bond motifs is 1. The van der Waals surface area contributed by atoms with Gasteiger partial charge in [0.1, 0.15) is 11.8 Å². The number of aromatic amines is 1. The molecule has 0 saturated heterocycles. The summed E-state index contributed by atoms with van der Waals surface area (Å²) in [5.41, 5.74) is 2.28. The van der Waals surface area contributed by atoms with Crippen LogP contribution in [0.3, 0.4) is 0 Å². The zero-order valence-corrected chi connectivity index (χ0v) is 9.44. The van der Waals surface area contributed by atoms with E-state index in [4.69, 9.17) is 11.6 Å². The van der Waals surface area contributed by atoms with Crippen molar-refractivity contribution in [3.63, 3.8) is 0 Å². The summed E-state index contributed by atoms with van der Waals surface area (Å²) in [6, 6.07) is 7.41. The van der Waals surface area contributed by atoms with Crippen LogP contribution < -0.4 is 5.32 Å². The zero-order chi connectivity index (χ0) is 11.7. The summed E-state index contributed by atoms with van der Waals surface area (Å²) in [5.74, 6) is 0.614. The molecule has 0 amide bonds. The fraction of sp³-hybridized carbons (Fsp3) is 0. The molecule has 0 aliphatic heterocycles. The summed E-state index contributed by atoms with van der Waals surface area (Å²) in [4.78, 5) is 15.3. The highest BCUT2D eigenvalue weighted by molar-refractivity contribution is 6.30. The third-order valence-electron chi connectivity index (χ3n) is 2.25. The third kappa shape index (κ3) is 2.05. The molecular weight excluding hydrogens is 238 g/mol. The number of nitrogens with one attached hydrogen (secondary N) is 2. The first kappa shape index (κ1) is 10.0. The molecule has 0 aliphatic rings. The lowest BCUT2D eigenvalue weighted by Crippen LogP contribution is -1.91. The minimum absolute atomic E-state index is 0.614. The Bertz CT molecular complexity index is 631. The Kier molecular flexibility index (Phi) is 2.38. The fourth-order valence-corrected chi connectivity index (χ4v) is 1.71. The summed E-state index contributed by atoms with van der Waals surface area (Å²) >= 11 is 5.90. The number of hydrogen-bond donors (Lipinski definition) is 2.